The SMILES string of the molecule is CC(C(=O)NN)c1cnn(C)c1.Cl. The Kier molecular flexibility index (Phi) is 4.44. The minimum atomic E-state index is -0.247. The largest absolute Gasteiger partial charge is 0.294 e. The second-order valence-corrected chi connectivity index (χ2v) is 2.68. The Hall–Kier alpha value is -1.07. The molecular formula is C7H13ClN4O. The van der Waals surface area contributed by atoms with Gasteiger partial charge < -0.3 is 0 Å². The van der Waals surface area contributed by atoms with Crippen molar-refractivity contribution < 1.29 is 4.79 Å². The van der Waals surface area contributed by atoms with Crippen LogP contribution in [0.3, 0.4) is 0 Å². The minimum absolute atomic E-state index is 0. The fourth-order valence-electron chi connectivity index (χ4n) is 0.940. The third-order valence-corrected chi connectivity index (χ3v) is 1.76. The molecule has 0 bridgehead atoms. The van der Waals surface area contributed by atoms with E-state index in [2.05, 4.69) is 10.5 Å². The molecule has 0 aliphatic carbocycles. The maximum Gasteiger partial charge on any atom is 0.241 e. The lowest BCUT2D eigenvalue weighted by Crippen LogP contribution is -2.33. The predicted octanol–water partition coefficient (Wildman–Crippen LogP) is -0.0647. The number of amides is 1. The second kappa shape index (κ2) is 4.84. The van der Waals surface area contributed by atoms with Crippen molar-refractivity contribution >= 4 is 18.3 Å². The lowest BCUT2D eigenvalue weighted by atomic mass is 10.1. The first-order valence-corrected chi connectivity index (χ1v) is 3.64. The van der Waals surface area contributed by atoms with Gasteiger partial charge in [0.1, 0.15) is 0 Å². The maximum absolute atomic E-state index is 11.0. The Morgan fingerprint density at radius 1 is 1.77 bits per heavy atom. The normalized spacial score (nSPS) is 11.6. The molecule has 0 fully saturated rings. The second-order valence-electron chi connectivity index (χ2n) is 2.68. The van der Waals surface area contributed by atoms with Gasteiger partial charge in [-0.15, -0.1) is 12.4 Å². The summed E-state index contributed by atoms with van der Waals surface area (Å²) in [5.74, 6) is 4.54. The number of hydrogen-bond donors (Lipinski definition) is 2. The lowest BCUT2D eigenvalue weighted by Gasteiger charge is -2.05. The summed E-state index contributed by atoms with van der Waals surface area (Å²) >= 11 is 0. The van der Waals surface area contributed by atoms with Gasteiger partial charge in [-0.1, -0.05) is 0 Å². The number of rotatable bonds is 2. The van der Waals surface area contributed by atoms with E-state index in [-0.39, 0.29) is 24.2 Å². The molecule has 1 aromatic rings. The number of hydrazine groups is 1. The van der Waals surface area contributed by atoms with Gasteiger partial charge in [0.25, 0.3) is 0 Å². The van der Waals surface area contributed by atoms with Crippen molar-refractivity contribution in [3.8, 4) is 0 Å². The zero-order chi connectivity index (χ0) is 9.14. The van der Waals surface area contributed by atoms with Crippen LogP contribution in [0.25, 0.3) is 0 Å². The van der Waals surface area contributed by atoms with Gasteiger partial charge in [0.05, 0.1) is 12.1 Å². The molecule has 1 amide bonds. The van der Waals surface area contributed by atoms with Gasteiger partial charge in [-0.05, 0) is 6.92 Å². The highest BCUT2D eigenvalue weighted by atomic mass is 35.5. The van der Waals surface area contributed by atoms with E-state index in [1.54, 1.807) is 31.0 Å². The summed E-state index contributed by atoms with van der Waals surface area (Å²) in [6, 6.07) is 0. The van der Waals surface area contributed by atoms with E-state index in [0.717, 1.165) is 5.56 Å². The number of nitrogens with two attached hydrogens (primary N) is 1. The van der Waals surface area contributed by atoms with Gasteiger partial charge in [-0.25, -0.2) is 5.84 Å². The Morgan fingerprint density at radius 3 is 2.77 bits per heavy atom. The maximum atomic E-state index is 11.0. The van der Waals surface area contributed by atoms with E-state index in [9.17, 15) is 4.79 Å². The smallest absolute Gasteiger partial charge is 0.241 e. The number of aryl methyl sites for hydroxylation is 1. The summed E-state index contributed by atoms with van der Waals surface area (Å²) in [4.78, 5) is 11.0. The standard InChI is InChI=1S/C7H12N4O.ClH/c1-5(7(12)10-8)6-3-9-11(2)4-6;/h3-5H,8H2,1-2H3,(H,10,12);1H. The van der Waals surface area contributed by atoms with Crippen LogP contribution in [0.15, 0.2) is 12.4 Å². The van der Waals surface area contributed by atoms with Crippen LogP contribution in [0.2, 0.25) is 0 Å². The van der Waals surface area contributed by atoms with Crippen LogP contribution >= 0.6 is 12.4 Å². The fraction of sp³-hybridized carbons (Fsp3) is 0.429. The number of hydrogen-bond acceptors (Lipinski definition) is 3. The number of nitrogens with one attached hydrogen (secondary N) is 1. The van der Waals surface area contributed by atoms with Crippen LogP contribution in [0.4, 0.5) is 0 Å². The molecule has 0 aliphatic rings. The summed E-state index contributed by atoms with van der Waals surface area (Å²) in [6.45, 7) is 1.78. The third-order valence-electron chi connectivity index (χ3n) is 1.76. The monoisotopic (exact) mass is 204 g/mol. The summed E-state index contributed by atoms with van der Waals surface area (Å²) in [7, 11) is 1.80. The van der Waals surface area contributed by atoms with E-state index in [1.165, 1.54) is 0 Å². The number of nitrogens with zero attached hydrogens (tertiary/aromatic N) is 2. The molecule has 1 heterocycles. The molecule has 1 aromatic heterocycles. The molecule has 0 radical (unpaired) electrons. The molecule has 1 unspecified atom stereocenters. The zero-order valence-corrected chi connectivity index (χ0v) is 8.34. The number of carbonyl (C=O) groups excluding carboxylic acids is 1. The molecule has 0 spiro atoms. The molecule has 0 saturated carbocycles. The molecule has 0 saturated heterocycles. The molecule has 3 N–H and O–H groups in total. The Bertz CT molecular complexity index is 286. The summed E-state index contributed by atoms with van der Waals surface area (Å²) < 4.78 is 1.65. The highest BCUT2D eigenvalue weighted by Crippen LogP contribution is 2.12. The predicted molar refractivity (Wildman–Crippen MR) is 51.2 cm³/mol. The topological polar surface area (TPSA) is 72.9 Å². The fourth-order valence-corrected chi connectivity index (χ4v) is 0.940. The number of halogens is 1. The lowest BCUT2D eigenvalue weighted by molar-refractivity contribution is -0.122. The van der Waals surface area contributed by atoms with Crippen molar-refractivity contribution in [3.05, 3.63) is 18.0 Å². The van der Waals surface area contributed by atoms with Crippen molar-refractivity contribution in [2.45, 2.75) is 12.8 Å². The van der Waals surface area contributed by atoms with Crippen molar-refractivity contribution in [2.24, 2.45) is 12.9 Å². The van der Waals surface area contributed by atoms with E-state index >= 15 is 0 Å². The minimum Gasteiger partial charge on any atom is -0.294 e. The summed E-state index contributed by atoms with van der Waals surface area (Å²) in [5.41, 5.74) is 2.96. The van der Waals surface area contributed by atoms with Gasteiger partial charge in [0.2, 0.25) is 5.91 Å². The van der Waals surface area contributed by atoms with Crippen molar-refractivity contribution in [1.82, 2.24) is 15.2 Å². The molecular weight excluding hydrogens is 192 g/mol. The Labute approximate surface area is 82.7 Å². The molecule has 1 atom stereocenters. The molecule has 1 rings (SSSR count). The molecule has 0 aliphatic heterocycles. The average Bonchev–Trinajstić information content (AvgIpc) is 2.49. The van der Waals surface area contributed by atoms with Crippen molar-refractivity contribution in [1.29, 1.82) is 0 Å². The summed E-state index contributed by atoms with van der Waals surface area (Å²) in [6.07, 6.45) is 3.44. The van der Waals surface area contributed by atoms with Gasteiger partial charge in [0.15, 0.2) is 0 Å². The number of aromatic nitrogens is 2. The van der Waals surface area contributed by atoms with Gasteiger partial charge >= 0.3 is 0 Å². The van der Waals surface area contributed by atoms with Crippen LogP contribution < -0.4 is 11.3 Å². The quantitative estimate of drug-likeness (QED) is 0.403. The Morgan fingerprint density at radius 2 is 2.38 bits per heavy atom. The van der Waals surface area contributed by atoms with Gasteiger partial charge in [0, 0.05) is 18.8 Å². The average molecular weight is 205 g/mol. The van der Waals surface area contributed by atoms with E-state index in [4.69, 9.17) is 5.84 Å². The molecule has 13 heavy (non-hydrogen) atoms. The molecule has 0 aromatic carbocycles. The Balaban J connectivity index is 0.00000144. The highest BCUT2D eigenvalue weighted by Gasteiger charge is 2.14. The highest BCUT2D eigenvalue weighted by molar-refractivity contribution is 5.85. The van der Waals surface area contributed by atoms with Crippen LogP contribution in [-0.4, -0.2) is 15.7 Å². The van der Waals surface area contributed by atoms with Crippen molar-refractivity contribution in [3.63, 3.8) is 0 Å². The molecule has 6 heteroatoms. The van der Waals surface area contributed by atoms with E-state index < -0.39 is 0 Å². The van der Waals surface area contributed by atoms with Gasteiger partial charge in [-0.3, -0.25) is 14.9 Å². The first-order chi connectivity index (χ1) is 5.65. The van der Waals surface area contributed by atoms with Crippen molar-refractivity contribution in [2.75, 3.05) is 0 Å². The first-order valence-electron chi connectivity index (χ1n) is 3.64. The van der Waals surface area contributed by atoms with E-state index in [1.807, 2.05) is 0 Å². The first kappa shape index (κ1) is 11.9. The third kappa shape index (κ3) is 2.71. The zero-order valence-electron chi connectivity index (χ0n) is 7.52. The van der Waals surface area contributed by atoms with Crippen LogP contribution in [0.1, 0.15) is 18.4 Å². The van der Waals surface area contributed by atoms with Crippen LogP contribution in [-0.2, 0) is 11.8 Å². The van der Waals surface area contributed by atoms with Gasteiger partial charge in [-0.2, -0.15) is 5.10 Å². The summed E-state index contributed by atoms with van der Waals surface area (Å²) in [5, 5.41) is 3.95. The number of carbonyl (C=O) groups is 1. The molecule has 74 valence electrons. The van der Waals surface area contributed by atoms with E-state index in [0.29, 0.717) is 0 Å². The van der Waals surface area contributed by atoms with Crippen LogP contribution in [0, 0.1) is 0 Å². The van der Waals surface area contributed by atoms with Crippen LogP contribution in [0.5, 0.6) is 0 Å². The molecule has 5 nitrogen and oxygen atoms in total.